The van der Waals surface area contributed by atoms with Crippen LogP contribution in [-0.4, -0.2) is 7.05 Å². The summed E-state index contributed by atoms with van der Waals surface area (Å²) in [7, 11) is 1.94. The highest BCUT2D eigenvalue weighted by molar-refractivity contribution is 9.10. The maximum absolute atomic E-state index is 6.09. The predicted molar refractivity (Wildman–Crippen MR) is 78.9 cm³/mol. The van der Waals surface area contributed by atoms with Crippen molar-refractivity contribution in [3.63, 3.8) is 0 Å². The molecule has 18 heavy (non-hydrogen) atoms. The van der Waals surface area contributed by atoms with Gasteiger partial charge in [0.15, 0.2) is 0 Å². The van der Waals surface area contributed by atoms with Crippen molar-refractivity contribution in [3.8, 4) is 11.3 Å². The number of benzene rings is 1. The van der Waals surface area contributed by atoms with Gasteiger partial charge in [-0.3, -0.25) is 0 Å². The minimum absolute atomic E-state index is 0.254. The number of rotatable bonds is 4. The van der Waals surface area contributed by atoms with Crippen LogP contribution in [0.5, 0.6) is 0 Å². The molecule has 2 nitrogen and oxygen atoms in total. The smallest absolute Gasteiger partial charge is 0.134 e. The third kappa shape index (κ3) is 2.79. The fraction of sp³-hybridized carbons (Fsp3) is 0.286. The Balaban J connectivity index is 2.31. The molecule has 0 fully saturated rings. The Morgan fingerprint density at radius 3 is 2.72 bits per heavy atom. The summed E-state index contributed by atoms with van der Waals surface area (Å²) < 4.78 is 6.76. The molecule has 0 saturated carbocycles. The van der Waals surface area contributed by atoms with Crippen LogP contribution in [0.25, 0.3) is 11.3 Å². The third-order valence-corrected chi connectivity index (χ3v) is 4.16. The molecule has 1 heterocycles. The second-order valence-corrected chi connectivity index (χ2v) is 5.34. The summed E-state index contributed by atoms with van der Waals surface area (Å²) in [6.45, 7) is 2.12. The Morgan fingerprint density at radius 2 is 2.11 bits per heavy atom. The SMILES string of the molecule is CCC(NC)c1ccc(-c2ccc(Br)c(Cl)c2)o1. The van der Waals surface area contributed by atoms with E-state index in [1.54, 1.807) is 0 Å². The van der Waals surface area contributed by atoms with Crippen LogP contribution in [0.4, 0.5) is 0 Å². The van der Waals surface area contributed by atoms with Crippen LogP contribution < -0.4 is 5.32 Å². The van der Waals surface area contributed by atoms with Gasteiger partial charge in [-0.2, -0.15) is 0 Å². The molecule has 1 aromatic carbocycles. The summed E-state index contributed by atoms with van der Waals surface area (Å²) in [5.41, 5.74) is 0.986. The van der Waals surface area contributed by atoms with Crippen LogP contribution >= 0.6 is 27.5 Å². The topological polar surface area (TPSA) is 25.2 Å². The van der Waals surface area contributed by atoms with Crippen molar-refractivity contribution in [2.45, 2.75) is 19.4 Å². The summed E-state index contributed by atoms with van der Waals surface area (Å²) in [5.74, 6) is 1.79. The van der Waals surface area contributed by atoms with Gasteiger partial charge >= 0.3 is 0 Å². The van der Waals surface area contributed by atoms with Crippen LogP contribution in [0.2, 0.25) is 5.02 Å². The molecular formula is C14H15BrClNO. The van der Waals surface area contributed by atoms with Crippen molar-refractivity contribution < 1.29 is 4.42 Å². The number of furan rings is 1. The lowest BCUT2D eigenvalue weighted by atomic mass is 10.1. The number of hydrogen-bond donors (Lipinski definition) is 1. The summed E-state index contributed by atoms with van der Waals surface area (Å²) >= 11 is 9.47. The molecule has 0 aliphatic rings. The largest absolute Gasteiger partial charge is 0.459 e. The lowest BCUT2D eigenvalue weighted by Gasteiger charge is -2.10. The molecule has 4 heteroatoms. The first-order chi connectivity index (χ1) is 8.65. The van der Waals surface area contributed by atoms with Gasteiger partial charge in [0, 0.05) is 10.0 Å². The van der Waals surface area contributed by atoms with Crippen molar-refractivity contribution in [1.82, 2.24) is 5.32 Å². The van der Waals surface area contributed by atoms with E-state index < -0.39 is 0 Å². The zero-order valence-electron chi connectivity index (χ0n) is 10.3. The molecule has 0 bridgehead atoms. The first kappa shape index (κ1) is 13.7. The van der Waals surface area contributed by atoms with Crippen molar-refractivity contribution in [2.24, 2.45) is 0 Å². The third-order valence-electron chi connectivity index (χ3n) is 2.93. The van der Waals surface area contributed by atoms with Gasteiger partial charge in [-0.25, -0.2) is 0 Å². The van der Waals surface area contributed by atoms with Crippen molar-refractivity contribution in [3.05, 3.63) is 45.6 Å². The molecule has 0 aliphatic heterocycles. The average molecular weight is 329 g/mol. The van der Waals surface area contributed by atoms with Gasteiger partial charge in [-0.05, 0) is 53.7 Å². The fourth-order valence-corrected chi connectivity index (χ4v) is 2.32. The maximum Gasteiger partial charge on any atom is 0.134 e. The summed E-state index contributed by atoms with van der Waals surface area (Å²) in [6, 6.07) is 10.1. The fourth-order valence-electron chi connectivity index (χ4n) is 1.89. The number of nitrogens with one attached hydrogen (secondary N) is 1. The maximum atomic E-state index is 6.09. The van der Waals surface area contributed by atoms with E-state index in [9.17, 15) is 0 Å². The van der Waals surface area contributed by atoms with Gasteiger partial charge < -0.3 is 9.73 Å². The quantitative estimate of drug-likeness (QED) is 0.851. The molecule has 96 valence electrons. The Bertz CT molecular complexity index is 534. The highest BCUT2D eigenvalue weighted by Crippen LogP contribution is 2.31. The van der Waals surface area contributed by atoms with E-state index in [0.717, 1.165) is 28.0 Å². The molecule has 1 aromatic heterocycles. The summed E-state index contributed by atoms with van der Waals surface area (Å²) in [5, 5.41) is 3.91. The molecule has 2 rings (SSSR count). The van der Waals surface area contributed by atoms with E-state index in [1.807, 2.05) is 37.4 Å². The molecule has 1 atom stereocenters. The Kier molecular flexibility index (Phi) is 4.49. The molecule has 0 spiro atoms. The first-order valence-corrected chi connectivity index (χ1v) is 7.05. The van der Waals surface area contributed by atoms with E-state index in [4.69, 9.17) is 16.0 Å². The minimum atomic E-state index is 0.254. The van der Waals surface area contributed by atoms with E-state index in [1.165, 1.54) is 0 Å². The van der Waals surface area contributed by atoms with E-state index in [2.05, 4.69) is 28.2 Å². The Hall–Kier alpha value is -0.770. The summed E-state index contributed by atoms with van der Waals surface area (Å²) in [6.07, 6.45) is 0.991. The molecule has 0 amide bonds. The number of hydrogen-bond acceptors (Lipinski definition) is 2. The van der Waals surface area contributed by atoms with Gasteiger partial charge in [-0.1, -0.05) is 24.6 Å². The normalized spacial score (nSPS) is 12.7. The molecule has 0 saturated heterocycles. The van der Waals surface area contributed by atoms with Crippen molar-refractivity contribution in [1.29, 1.82) is 0 Å². The molecule has 2 aromatic rings. The highest BCUT2D eigenvalue weighted by atomic mass is 79.9. The van der Waals surface area contributed by atoms with Crippen LogP contribution in [0.1, 0.15) is 25.1 Å². The molecular weight excluding hydrogens is 314 g/mol. The molecule has 1 N–H and O–H groups in total. The molecule has 1 unspecified atom stereocenters. The molecule has 0 aliphatic carbocycles. The standard InChI is InChI=1S/C14H15BrClNO/c1-3-12(17-2)14-7-6-13(18-14)9-4-5-10(15)11(16)8-9/h4-8,12,17H,3H2,1-2H3. The van der Waals surface area contributed by atoms with Crippen LogP contribution in [0.15, 0.2) is 39.2 Å². The second kappa shape index (κ2) is 5.91. The van der Waals surface area contributed by atoms with Crippen molar-refractivity contribution >= 4 is 27.5 Å². The highest BCUT2D eigenvalue weighted by Gasteiger charge is 2.12. The monoisotopic (exact) mass is 327 g/mol. The minimum Gasteiger partial charge on any atom is -0.459 e. The van der Waals surface area contributed by atoms with E-state index in [0.29, 0.717) is 5.02 Å². The predicted octanol–water partition coefficient (Wildman–Crippen LogP) is 5.03. The van der Waals surface area contributed by atoms with Crippen LogP contribution in [0, 0.1) is 0 Å². The van der Waals surface area contributed by atoms with Crippen LogP contribution in [-0.2, 0) is 0 Å². The van der Waals surface area contributed by atoms with Gasteiger partial charge in [0.05, 0.1) is 11.1 Å². The Labute approximate surface area is 120 Å². The first-order valence-electron chi connectivity index (χ1n) is 5.88. The zero-order chi connectivity index (χ0) is 13.1. The van der Waals surface area contributed by atoms with Gasteiger partial charge in [0.1, 0.15) is 11.5 Å². The number of halogens is 2. The lowest BCUT2D eigenvalue weighted by molar-refractivity contribution is 0.431. The zero-order valence-corrected chi connectivity index (χ0v) is 12.7. The lowest BCUT2D eigenvalue weighted by Crippen LogP contribution is -2.14. The Morgan fingerprint density at radius 1 is 1.33 bits per heavy atom. The van der Waals surface area contributed by atoms with Gasteiger partial charge in [0.2, 0.25) is 0 Å². The van der Waals surface area contributed by atoms with Gasteiger partial charge in [-0.15, -0.1) is 0 Å². The van der Waals surface area contributed by atoms with Crippen molar-refractivity contribution in [2.75, 3.05) is 7.05 Å². The average Bonchev–Trinajstić information content (AvgIpc) is 2.84. The van der Waals surface area contributed by atoms with E-state index in [-0.39, 0.29) is 6.04 Å². The second-order valence-electron chi connectivity index (χ2n) is 4.08. The van der Waals surface area contributed by atoms with Crippen LogP contribution in [0.3, 0.4) is 0 Å². The van der Waals surface area contributed by atoms with Gasteiger partial charge in [0.25, 0.3) is 0 Å². The summed E-state index contributed by atoms with van der Waals surface area (Å²) in [4.78, 5) is 0. The van der Waals surface area contributed by atoms with E-state index >= 15 is 0 Å². The molecule has 0 radical (unpaired) electrons.